The lowest BCUT2D eigenvalue weighted by Crippen LogP contribution is -2.02. The maximum atomic E-state index is 9.28. The van der Waals surface area contributed by atoms with E-state index < -0.39 is 6.10 Å². The Labute approximate surface area is 83.9 Å². The van der Waals surface area contributed by atoms with Gasteiger partial charge in [-0.2, -0.15) is 0 Å². The fourth-order valence-corrected chi connectivity index (χ4v) is 1.82. The van der Waals surface area contributed by atoms with Crippen molar-refractivity contribution in [1.29, 1.82) is 0 Å². The number of benzene rings is 1. The molecule has 1 unspecified atom stereocenters. The highest BCUT2D eigenvalue weighted by atomic mass is 79.9. The monoisotopic (exact) mass is 250 g/mol. The van der Waals surface area contributed by atoms with E-state index in [4.69, 9.17) is 16.7 Å². The second-order valence-electron chi connectivity index (χ2n) is 2.36. The minimum atomic E-state index is -0.850. The molecule has 0 amide bonds. The Kier molecular flexibility index (Phi) is 3.53. The summed E-state index contributed by atoms with van der Waals surface area (Å²) in [6.07, 6.45) is -0.850. The van der Waals surface area contributed by atoms with Gasteiger partial charge in [-0.05, 0) is 17.7 Å². The molecule has 0 aliphatic rings. The second-order valence-corrected chi connectivity index (χ2v) is 3.65. The minimum Gasteiger partial charge on any atom is -0.393 e. The lowest BCUT2D eigenvalue weighted by molar-refractivity contribution is 0.0951. The van der Waals surface area contributed by atoms with Gasteiger partial charge in [-0.3, -0.25) is 0 Å². The summed E-state index contributed by atoms with van der Waals surface area (Å²) < 4.78 is 0.705. The predicted molar refractivity (Wildman–Crippen MR) is 51.2 cm³/mol. The largest absolute Gasteiger partial charge is 0.393 e. The van der Waals surface area contributed by atoms with Crippen LogP contribution < -0.4 is 0 Å². The average molecular weight is 252 g/mol. The van der Waals surface area contributed by atoms with Crippen LogP contribution in [0.4, 0.5) is 0 Å². The van der Waals surface area contributed by atoms with E-state index in [1.807, 2.05) is 0 Å². The first-order chi connectivity index (χ1) is 5.65. The SMILES string of the molecule is OCC(O)c1ccc(Cl)cc1Br. The maximum Gasteiger partial charge on any atom is 0.103 e. The van der Waals surface area contributed by atoms with Crippen molar-refractivity contribution in [2.75, 3.05) is 6.61 Å². The zero-order valence-electron chi connectivity index (χ0n) is 6.17. The van der Waals surface area contributed by atoms with Crippen molar-refractivity contribution in [2.24, 2.45) is 0 Å². The van der Waals surface area contributed by atoms with Crippen LogP contribution in [0.2, 0.25) is 5.02 Å². The number of hydrogen-bond acceptors (Lipinski definition) is 2. The fourth-order valence-electron chi connectivity index (χ4n) is 0.870. The standard InChI is InChI=1S/C8H8BrClO2/c9-7-3-5(10)1-2-6(7)8(12)4-11/h1-3,8,11-12H,4H2. The molecule has 2 N–H and O–H groups in total. The molecule has 0 aliphatic carbocycles. The van der Waals surface area contributed by atoms with Crippen LogP contribution in [0, 0.1) is 0 Å². The van der Waals surface area contributed by atoms with Gasteiger partial charge in [-0.1, -0.05) is 33.6 Å². The van der Waals surface area contributed by atoms with Crippen molar-refractivity contribution in [2.45, 2.75) is 6.10 Å². The zero-order chi connectivity index (χ0) is 9.14. The number of rotatable bonds is 2. The van der Waals surface area contributed by atoms with Crippen LogP contribution in [-0.2, 0) is 0 Å². The molecule has 0 heterocycles. The molecule has 0 aromatic heterocycles. The van der Waals surface area contributed by atoms with Crippen LogP contribution in [0.3, 0.4) is 0 Å². The number of aliphatic hydroxyl groups is 2. The third-order valence-corrected chi connectivity index (χ3v) is 2.42. The number of hydrogen-bond donors (Lipinski definition) is 2. The molecule has 4 heteroatoms. The van der Waals surface area contributed by atoms with E-state index in [2.05, 4.69) is 15.9 Å². The normalized spacial score (nSPS) is 13.0. The molecule has 1 aromatic rings. The van der Waals surface area contributed by atoms with Gasteiger partial charge >= 0.3 is 0 Å². The molecule has 1 atom stereocenters. The molecule has 0 radical (unpaired) electrons. The quantitative estimate of drug-likeness (QED) is 0.845. The smallest absolute Gasteiger partial charge is 0.103 e. The highest BCUT2D eigenvalue weighted by molar-refractivity contribution is 9.10. The second kappa shape index (κ2) is 4.23. The molecule has 66 valence electrons. The molecule has 1 aromatic carbocycles. The molecule has 0 bridgehead atoms. The van der Waals surface area contributed by atoms with Gasteiger partial charge in [0.2, 0.25) is 0 Å². The Bertz CT molecular complexity index is 278. The summed E-state index contributed by atoms with van der Waals surface area (Å²) in [5.74, 6) is 0. The van der Waals surface area contributed by atoms with Gasteiger partial charge in [0, 0.05) is 9.50 Å². The fraction of sp³-hybridized carbons (Fsp3) is 0.250. The van der Waals surface area contributed by atoms with Crippen molar-refractivity contribution < 1.29 is 10.2 Å². The van der Waals surface area contributed by atoms with Crippen molar-refractivity contribution >= 4 is 27.5 Å². The Hall–Kier alpha value is -0.0900. The van der Waals surface area contributed by atoms with Crippen LogP contribution in [0.25, 0.3) is 0 Å². The van der Waals surface area contributed by atoms with Crippen molar-refractivity contribution in [3.05, 3.63) is 33.3 Å². The van der Waals surface area contributed by atoms with E-state index in [9.17, 15) is 5.11 Å². The Balaban J connectivity index is 3.01. The zero-order valence-corrected chi connectivity index (χ0v) is 8.51. The van der Waals surface area contributed by atoms with Crippen LogP contribution in [-0.4, -0.2) is 16.8 Å². The van der Waals surface area contributed by atoms with Gasteiger partial charge in [0.1, 0.15) is 6.10 Å². The third kappa shape index (κ3) is 2.20. The summed E-state index contributed by atoms with van der Waals surface area (Å²) in [4.78, 5) is 0. The van der Waals surface area contributed by atoms with E-state index in [0.717, 1.165) is 0 Å². The molecule has 2 nitrogen and oxygen atoms in total. The van der Waals surface area contributed by atoms with Gasteiger partial charge in [0.25, 0.3) is 0 Å². The van der Waals surface area contributed by atoms with E-state index in [-0.39, 0.29) is 6.61 Å². The first-order valence-corrected chi connectivity index (χ1v) is 4.56. The Morgan fingerprint density at radius 3 is 2.67 bits per heavy atom. The van der Waals surface area contributed by atoms with Crippen molar-refractivity contribution in [1.82, 2.24) is 0 Å². The molecule has 0 saturated carbocycles. The van der Waals surface area contributed by atoms with Crippen LogP contribution in [0.1, 0.15) is 11.7 Å². The molecule has 0 spiro atoms. The highest BCUT2D eigenvalue weighted by Gasteiger charge is 2.09. The summed E-state index contributed by atoms with van der Waals surface area (Å²) in [7, 11) is 0. The third-order valence-electron chi connectivity index (χ3n) is 1.49. The van der Waals surface area contributed by atoms with E-state index in [0.29, 0.717) is 15.1 Å². The van der Waals surface area contributed by atoms with E-state index in [1.165, 1.54) is 0 Å². The van der Waals surface area contributed by atoms with Crippen molar-refractivity contribution in [3.63, 3.8) is 0 Å². The summed E-state index contributed by atoms with van der Waals surface area (Å²) >= 11 is 8.92. The maximum absolute atomic E-state index is 9.28. The Morgan fingerprint density at radius 1 is 1.50 bits per heavy atom. The molecular weight excluding hydrogens is 243 g/mol. The van der Waals surface area contributed by atoms with Gasteiger partial charge < -0.3 is 10.2 Å². The Morgan fingerprint density at radius 2 is 2.17 bits per heavy atom. The number of halogens is 2. The van der Waals surface area contributed by atoms with Crippen LogP contribution >= 0.6 is 27.5 Å². The first-order valence-electron chi connectivity index (χ1n) is 3.39. The predicted octanol–water partition coefficient (Wildman–Crippen LogP) is 2.13. The van der Waals surface area contributed by atoms with Gasteiger partial charge in [-0.15, -0.1) is 0 Å². The summed E-state index contributed by atoms with van der Waals surface area (Å²) in [5, 5.41) is 18.5. The number of aliphatic hydroxyl groups excluding tert-OH is 2. The average Bonchev–Trinajstić information content (AvgIpc) is 2.03. The summed E-state index contributed by atoms with van der Waals surface area (Å²) in [6.45, 7) is -0.291. The van der Waals surface area contributed by atoms with E-state index in [1.54, 1.807) is 18.2 Å². The molecule has 1 rings (SSSR count). The molecule has 0 aliphatic heterocycles. The summed E-state index contributed by atoms with van der Waals surface area (Å²) in [5.41, 5.74) is 0.641. The van der Waals surface area contributed by atoms with E-state index >= 15 is 0 Å². The topological polar surface area (TPSA) is 40.5 Å². The molecule has 0 fully saturated rings. The minimum absolute atomic E-state index is 0.291. The van der Waals surface area contributed by atoms with Crippen LogP contribution in [0.15, 0.2) is 22.7 Å². The lowest BCUT2D eigenvalue weighted by Gasteiger charge is -2.09. The van der Waals surface area contributed by atoms with Gasteiger partial charge in [0.05, 0.1) is 6.61 Å². The molecular formula is C8H8BrClO2. The van der Waals surface area contributed by atoms with Gasteiger partial charge in [-0.25, -0.2) is 0 Å². The lowest BCUT2D eigenvalue weighted by atomic mass is 10.1. The molecule has 0 saturated heterocycles. The highest BCUT2D eigenvalue weighted by Crippen LogP contribution is 2.26. The first kappa shape index (κ1) is 9.99. The molecule has 12 heavy (non-hydrogen) atoms. The van der Waals surface area contributed by atoms with Gasteiger partial charge in [0.15, 0.2) is 0 Å². The van der Waals surface area contributed by atoms with Crippen molar-refractivity contribution in [3.8, 4) is 0 Å². The van der Waals surface area contributed by atoms with Crippen LogP contribution in [0.5, 0.6) is 0 Å². The summed E-state index contributed by atoms with van der Waals surface area (Å²) in [6, 6.07) is 5.02.